The number of piperazine rings is 1. The molecule has 2 fully saturated rings. The van der Waals surface area contributed by atoms with E-state index >= 15 is 0 Å². The van der Waals surface area contributed by atoms with Gasteiger partial charge >= 0.3 is 0 Å². The number of methoxy groups -OCH3 is 1. The van der Waals surface area contributed by atoms with E-state index in [4.69, 9.17) is 4.74 Å². The van der Waals surface area contributed by atoms with Crippen LogP contribution in [0.4, 0.5) is 0 Å². The molecule has 3 heterocycles. The smallest absolute Gasteiger partial charge is 0.274 e. The molecular weight excluding hydrogens is 360 g/mol. The highest BCUT2D eigenvalue weighted by Gasteiger charge is 2.34. The molecule has 9 nitrogen and oxygen atoms in total. The second kappa shape index (κ2) is 7.85. The van der Waals surface area contributed by atoms with E-state index in [-0.39, 0.29) is 34.7 Å². The summed E-state index contributed by atoms with van der Waals surface area (Å²) in [5.41, 5.74) is -0.0385. The average Bonchev–Trinajstić information content (AvgIpc) is 3.00. The highest BCUT2D eigenvalue weighted by Crippen LogP contribution is 2.19. The van der Waals surface area contributed by atoms with E-state index in [0.29, 0.717) is 45.8 Å². The summed E-state index contributed by atoms with van der Waals surface area (Å²) in [6.07, 6.45) is 0.669. The first kappa shape index (κ1) is 19.0. The molecule has 0 aromatic carbocycles. The van der Waals surface area contributed by atoms with Gasteiger partial charge in [-0.3, -0.25) is 14.5 Å². The van der Waals surface area contributed by atoms with Gasteiger partial charge in [-0.2, -0.15) is 5.10 Å². The Hall–Kier alpha value is -1.78. The van der Waals surface area contributed by atoms with Crippen LogP contribution in [0.3, 0.4) is 0 Å². The van der Waals surface area contributed by atoms with Crippen molar-refractivity contribution in [3.63, 3.8) is 0 Å². The van der Waals surface area contributed by atoms with Gasteiger partial charge in [-0.05, 0) is 12.5 Å². The van der Waals surface area contributed by atoms with Crippen LogP contribution in [0.15, 0.2) is 16.9 Å². The zero-order valence-electron chi connectivity index (χ0n) is 14.8. The molecule has 0 spiro atoms. The number of ether oxygens (including phenoxy) is 1. The summed E-state index contributed by atoms with van der Waals surface area (Å²) >= 11 is 0. The van der Waals surface area contributed by atoms with Crippen molar-refractivity contribution < 1.29 is 17.9 Å². The molecule has 0 bridgehead atoms. The van der Waals surface area contributed by atoms with Crippen LogP contribution in [0.1, 0.15) is 16.9 Å². The largest absolute Gasteiger partial charge is 0.383 e. The third-order valence-corrected chi connectivity index (χ3v) is 6.67. The Balaban J connectivity index is 1.61. The van der Waals surface area contributed by atoms with Crippen molar-refractivity contribution in [2.75, 3.05) is 51.4 Å². The molecule has 2 aliphatic heterocycles. The highest BCUT2D eigenvalue weighted by atomic mass is 32.2. The van der Waals surface area contributed by atoms with Crippen LogP contribution in [0.2, 0.25) is 0 Å². The number of aromatic nitrogens is 2. The maximum atomic E-state index is 12.7. The Kier molecular flexibility index (Phi) is 5.73. The quantitative estimate of drug-likeness (QED) is 0.631. The molecule has 2 aliphatic rings. The summed E-state index contributed by atoms with van der Waals surface area (Å²) < 4.78 is 29.5. The summed E-state index contributed by atoms with van der Waals surface area (Å²) in [5.74, 6) is 0.256. The molecule has 0 aliphatic carbocycles. The fraction of sp³-hybridized carbons (Fsp3) is 0.688. The van der Waals surface area contributed by atoms with E-state index in [2.05, 4.69) is 10.00 Å². The van der Waals surface area contributed by atoms with Gasteiger partial charge in [0.2, 0.25) is 0 Å². The third-order valence-electron chi connectivity index (χ3n) is 4.92. The summed E-state index contributed by atoms with van der Waals surface area (Å²) in [6.45, 7) is 2.97. The van der Waals surface area contributed by atoms with E-state index in [1.807, 2.05) is 0 Å². The molecule has 1 unspecified atom stereocenters. The van der Waals surface area contributed by atoms with Crippen molar-refractivity contribution in [3.05, 3.63) is 28.2 Å². The van der Waals surface area contributed by atoms with Crippen molar-refractivity contribution in [2.45, 2.75) is 19.0 Å². The van der Waals surface area contributed by atoms with Gasteiger partial charge < -0.3 is 9.64 Å². The standard InChI is InChI=1S/C16H24N4O5S/c1-25-10-9-20-15(21)3-2-14(17-20)16(22)19-7-5-18(6-8-19)13-4-11-26(23,24)12-13/h2-3,13H,4-12H2,1H3. The van der Waals surface area contributed by atoms with E-state index in [9.17, 15) is 18.0 Å². The van der Waals surface area contributed by atoms with E-state index < -0.39 is 9.84 Å². The molecule has 0 saturated carbocycles. The van der Waals surface area contributed by atoms with Crippen molar-refractivity contribution >= 4 is 15.7 Å². The Morgan fingerprint density at radius 3 is 2.62 bits per heavy atom. The second-order valence-electron chi connectivity index (χ2n) is 6.66. The summed E-state index contributed by atoms with van der Waals surface area (Å²) in [6, 6.07) is 2.85. The van der Waals surface area contributed by atoms with Crippen LogP contribution in [-0.2, 0) is 21.1 Å². The van der Waals surface area contributed by atoms with Gasteiger partial charge in [0.1, 0.15) is 5.69 Å². The Morgan fingerprint density at radius 1 is 1.27 bits per heavy atom. The zero-order valence-corrected chi connectivity index (χ0v) is 15.7. The molecule has 0 radical (unpaired) electrons. The molecule has 10 heteroatoms. The van der Waals surface area contributed by atoms with E-state index in [1.54, 1.807) is 4.90 Å². The number of hydrogen-bond acceptors (Lipinski definition) is 7. The van der Waals surface area contributed by atoms with Gasteiger partial charge in [0.05, 0.1) is 24.7 Å². The van der Waals surface area contributed by atoms with Gasteiger partial charge in [-0.15, -0.1) is 0 Å². The number of rotatable bonds is 5. The van der Waals surface area contributed by atoms with Gasteiger partial charge in [-0.25, -0.2) is 13.1 Å². The van der Waals surface area contributed by atoms with Crippen molar-refractivity contribution in [1.82, 2.24) is 19.6 Å². The molecule has 1 aromatic heterocycles. The van der Waals surface area contributed by atoms with Gasteiger partial charge in [-0.1, -0.05) is 0 Å². The van der Waals surface area contributed by atoms with Crippen LogP contribution >= 0.6 is 0 Å². The van der Waals surface area contributed by atoms with E-state index in [0.717, 1.165) is 0 Å². The van der Waals surface area contributed by atoms with Crippen LogP contribution in [0.25, 0.3) is 0 Å². The molecule has 3 rings (SSSR count). The maximum Gasteiger partial charge on any atom is 0.274 e. The number of hydrogen-bond donors (Lipinski definition) is 0. The lowest BCUT2D eigenvalue weighted by Gasteiger charge is -2.37. The van der Waals surface area contributed by atoms with Crippen molar-refractivity contribution in [2.24, 2.45) is 0 Å². The summed E-state index contributed by atoms with van der Waals surface area (Å²) in [4.78, 5) is 28.3. The number of amides is 1. The molecule has 2 saturated heterocycles. The molecule has 26 heavy (non-hydrogen) atoms. The SMILES string of the molecule is COCCn1nc(C(=O)N2CCN(C3CCS(=O)(=O)C3)CC2)ccc1=O. The van der Waals surface area contributed by atoms with Gasteiger partial charge in [0.15, 0.2) is 9.84 Å². The third kappa shape index (κ3) is 4.30. The van der Waals surface area contributed by atoms with Gasteiger partial charge in [0, 0.05) is 45.4 Å². The first-order valence-corrected chi connectivity index (χ1v) is 10.5. The molecular formula is C16H24N4O5S. The minimum absolute atomic E-state index is 0.0614. The lowest BCUT2D eigenvalue weighted by Crippen LogP contribution is -2.52. The van der Waals surface area contributed by atoms with Crippen LogP contribution in [-0.4, -0.2) is 91.3 Å². The maximum absolute atomic E-state index is 12.7. The minimum atomic E-state index is -2.91. The van der Waals surface area contributed by atoms with Crippen molar-refractivity contribution in [1.29, 1.82) is 0 Å². The number of sulfone groups is 1. The number of carbonyl (C=O) groups excluding carboxylic acids is 1. The predicted molar refractivity (Wildman–Crippen MR) is 94.9 cm³/mol. The monoisotopic (exact) mass is 384 g/mol. The number of nitrogens with zero attached hydrogens (tertiary/aromatic N) is 4. The predicted octanol–water partition coefficient (Wildman–Crippen LogP) is -1.17. The normalized spacial score (nSPS) is 23.3. The van der Waals surface area contributed by atoms with E-state index in [1.165, 1.54) is 23.9 Å². The Morgan fingerprint density at radius 2 is 2.00 bits per heavy atom. The second-order valence-corrected chi connectivity index (χ2v) is 8.89. The molecule has 144 valence electrons. The molecule has 1 amide bonds. The molecule has 1 atom stereocenters. The first-order chi connectivity index (χ1) is 12.4. The Labute approximate surface area is 152 Å². The molecule has 0 N–H and O–H groups in total. The lowest BCUT2D eigenvalue weighted by atomic mass is 10.2. The van der Waals surface area contributed by atoms with Crippen molar-refractivity contribution in [3.8, 4) is 0 Å². The number of carbonyl (C=O) groups is 1. The van der Waals surface area contributed by atoms with Crippen LogP contribution in [0, 0.1) is 0 Å². The fourth-order valence-corrected chi connectivity index (χ4v) is 5.18. The summed E-state index contributed by atoms with van der Waals surface area (Å²) in [5, 5.41) is 4.14. The summed E-state index contributed by atoms with van der Waals surface area (Å²) in [7, 11) is -1.37. The minimum Gasteiger partial charge on any atom is -0.383 e. The van der Waals surface area contributed by atoms with Crippen LogP contribution < -0.4 is 5.56 Å². The molecule has 1 aromatic rings. The average molecular weight is 384 g/mol. The zero-order chi connectivity index (χ0) is 18.7. The Bertz CT molecular complexity index is 814. The fourth-order valence-electron chi connectivity index (χ4n) is 3.42. The lowest BCUT2D eigenvalue weighted by molar-refractivity contribution is 0.0579. The van der Waals surface area contributed by atoms with Crippen LogP contribution in [0.5, 0.6) is 0 Å². The highest BCUT2D eigenvalue weighted by molar-refractivity contribution is 7.91. The first-order valence-electron chi connectivity index (χ1n) is 8.70. The topological polar surface area (TPSA) is 102 Å². The van der Waals surface area contributed by atoms with Gasteiger partial charge in [0.25, 0.3) is 11.5 Å².